The fourth-order valence-electron chi connectivity index (χ4n) is 2.48. The minimum absolute atomic E-state index is 0.0892. The minimum atomic E-state index is -0.401. The van der Waals surface area contributed by atoms with Crippen LogP contribution in [0.2, 0.25) is 0 Å². The molecule has 0 radical (unpaired) electrons. The molecule has 2 heterocycles. The van der Waals surface area contributed by atoms with Crippen LogP contribution in [0.5, 0.6) is 0 Å². The second kappa shape index (κ2) is 5.45. The van der Waals surface area contributed by atoms with Gasteiger partial charge >= 0.3 is 0 Å². The van der Waals surface area contributed by atoms with Gasteiger partial charge in [0.25, 0.3) is 0 Å². The fourth-order valence-corrected chi connectivity index (χ4v) is 2.48. The van der Waals surface area contributed by atoms with E-state index in [9.17, 15) is 0 Å². The van der Waals surface area contributed by atoms with Crippen LogP contribution in [-0.2, 0) is 9.47 Å². The lowest BCUT2D eigenvalue weighted by Gasteiger charge is -2.30. The van der Waals surface area contributed by atoms with E-state index in [1.165, 1.54) is 32.4 Å². The van der Waals surface area contributed by atoms with Crippen molar-refractivity contribution < 1.29 is 9.47 Å². The summed E-state index contributed by atoms with van der Waals surface area (Å²) in [4.78, 5) is 2.51. The van der Waals surface area contributed by atoms with Crippen molar-refractivity contribution in [3.8, 4) is 0 Å². The van der Waals surface area contributed by atoms with Gasteiger partial charge in [-0.25, -0.2) is 0 Å². The molecule has 0 aromatic heterocycles. The molecule has 4 nitrogen and oxygen atoms in total. The number of nitrogens with two attached hydrogens (primary N) is 1. The highest BCUT2D eigenvalue weighted by Gasteiger charge is 2.36. The average molecular weight is 228 g/mol. The van der Waals surface area contributed by atoms with E-state index in [-0.39, 0.29) is 6.10 Å². The zero-order valence-electron chi connectivity index (χ0n) is 10.3. The molecule has 0 aromatic carbocycles. The first-order chi connectivity index (χ1) is 7.72. The molecule has 94 valence electrons. The van der Waals surface area contributed by atoms with Crippen molar-refractivity contribution in [1.29, 1.82) is 0 Å². The van der Waals surface area contributed by atoms with E-state index >= 15 is 0 Å². The van der Waals surface area contributed by atoms with Crippen LogP contribution in [0.25, 0.3) is 0 Å². The molecule has 2 atom stereocenters. The van der Waals surface area contributed by atoms with E-state index < -0.39 is 5.79 Å². The van der Waals surface area contributed by atoms with Crippen LogP contribution in [0.1, 0.15) is 32.6 Å². The highest BCUT2D eigenvalue weighted by atomic mass is 16.7. The van der Waals surface area contributed by atoms with E-state index in [0.717, 1.165) is 13.0 Å². The molecule has 0 bridgehead atoms. The molecule has 2 aliphatic rings. The van der Waals surface area contributed by atoms with E-state index in [1.807, 2.05) is 6.92 Å². The lowest BCUT2D eigenvalue weighted by Crippen LogP contribution is -2.37. The van der Waals surface area contributed by atoms with Gasteiger partial charge in [-0.3, -0.25) is 0 Å². The number of hydrogen-bond donors (Lipinski definition) is 1. The van der Waals surface area contributed by atoms with Gasteiger partial charge in [0.2, 0.25) is 0 Å². The Labute approximate surface area is 98.1 Å². The summed E-state index contributed by atoms with van der Waals surface area (Å²) in [5, 5.41) is 0. The summed E-state index contributed by atoms with van der Waals surface area (Å²) in [6.45, 7) is 6.78. The highest BCUT2D eigenvalue weighted by molar-refractivity contribution is 4.77. The van der Waals surface area contributed by atoms with Crippen molar-refractivity contribution in [3.05, 3.63) is 0 Å². The van der Waals surface area contributed by atoms with Gasteiger partial charge < -0.3 is 20.1 Å². The molecule has 2 fully saturated rings. The first kappa shape index (κ1) is 12.3. The van der Waals surface area contributed by atoms with E-state index in [4.69, 9.17) is 15.2 Å². The quantitative estimate of drug-likeness (QED) is 0.778. The SMILES string of the molecule is CC1(CCN2CCCCC2)OCC(CN)O1. The normalized spacial score (nSPS) is 36.8. The Morgan fingerprint density at radius 2 is 2.06 bits per heavy atom. The maximum absolute atomic E-state index is 5.82. The van der Waals surface area contributed by atoms with Crippen LogP contribution < -0.4 is 5.73 Å². The monoisotopic (exact) mass is 228 g/mol. The number of rotatable bonds is 4. The Morgan fingerprint density at radius 3 is 2.69 bits per heavy atom. The van der Waals surface area contributed by atoms with Gasteiger partial charge in [-0.05, 0) is 32.9 Å². The molecular weight excluding hydrogens is 204 g/mol. The topological polar surface area (TPSA) is 47.7 Å². The number of nitrogens with zero attached hydrogens (tertiary/aromatic N) is 1. The maximum Gasteiger partial charge on any atom is 0.167 e. The second-order valence-corrected chi connectivity index (χ2v) is 5.07. The standard InChI is InChI=1S/C12H24N2O2/c1-12(15-10-11(9-13)16-12)5-8-14-6-3-2-4-7-14/h11H,2-10,13H2,1H3. The smallest absolute Gasteiger partial charge is 0.167 e. The third-order valence-corrected chi connectivity index (χ3v) is 3.58. The molecule has 2 N–H and O–H groups in total. The molecule has 0 aliphatic carbocycles. The molecule has 2 aliphatic heterocycles. The summed E-state index contributed by atoms with van der Waals surface area (Å²) >= 11 is 0. The highest BCUT2D eigenvalue weighted by Crippen LogP contribution is 2.27. The molecule has 2 saturated heterocycles. The van der Waals surface area contributed by atoms with Gasteiger partial charge in [0, 0.05) is 19.5 Å². The molecule has 0 saturated carbocycles. The number of piperidine rings is 1. The average Bonchev–Trinajstić information content (AvgIpc) is 2.71. The van der Waals surface area contributed by atoms with E-state index in [1.54, 1.807) is 0 Å². The first-order valence-electron chi connectivity index (χ1n) is 6.46. The van der Waals surface area contributed by atoms with Gasteiger partial charge in [0.15, 0.2) is 5.79 Å². The van der Waals surface area contributed by atoms with Crippen LogP contribution in [0.4, 0.5) is 0 Å². The predicted octanol–water partition coefficient (Wildman–Crippen LogP) is 0.953. The van der Waals surface area contributed by atoms with Crippen molar-refractivity contribution in [2.24, 2.45) is 5.73 Å². The van der Waals surface area contributed by atoms with Gasteiger partial charge in [-0.2, -0.15) is 0 Å². The van der Waals surface area contributed by atoms with Crippen molar-refractivity contribution in [1.82, 2.24) is 4.90 Å². The Balaban J connectivity index is 1.72. The summed E-state index contributed by atoms with van der Waals surface area (Å²) < 4.78 is 11.5. The Bertz CT molecular complexity index is 219. The first-order valence-corrected chi connectivity index (χ1v) is 6.46. The Kier molecular flexibility index (Phi) is 4.19. The number of likely N-dealkylation sites (tertiary alicyclic amines) is 1. The molecule has 16 heavy (non-hydrogen) atoms. The van der Waals surface area contributed by atoms with Crippen LogP contribution in [0.15, 0.2) is 0 Å². The number of ether oxygens (including phenoxy) is 2. The van der Waals surface area contributed by atoms with Gasteiger partial charge in [-0.15, -0.1) is 0 Å². The fraction of sp³-hybridized carbons (Fsp3) is 1.00. The molecule has 0 spiro atoms. The van der Waals surface area contributed by atoms with Gasteiger partial charge in [0.1, 0.15) is 0 Å². The molecule has 0 amide bonds. The van der Waals surface area contributed by atoms with Gasteiger partial charge in [-0.1, -0.05) is 6.42 Å². The predicted molar refractivity (Wildman–Crippen MR) is 63.2 cm³/mol. The van der Waals surface area contributed by atoms with Crippen molar-refractivity contribution in [3.63, 3.8) is 0 Å². The van der Waals surface area contributed by atoms with E-state index in [2.05, 4.69) is 4.90 Å². The van der Waals surface area contributed by atoms with Crippen LogP contribution in [-0.4, -0.2) is 49.6 Å². The second-order valence-electron chi connectivity index (χ2n) is 5.07. The van der Waals surface area contributed by atoms with Crippen molar-refractivity contribution in [2.45, 2.75) is 44.5 Å². The minimum Gasteiger partial charge on any atom is -0.347 e. The summed E-state index contributed by atoms with van der Waals surface area (Å²) in [7, 11) is 0. The molecular formula is C12H24N2O2. The molecule has 4 heteroatoms. The summed E-state index contributed by atoms with van der Waals surface area (Å²) in [6, 6.07) is 0. The van der Waals surface area contributed by atoms with Crippen LogP contribution >= 0.6 is 0 Å². The summed E-state index contributed by atoms with van der Waals surface area (Å²) in [6.07, 6.45) is 5.10. The number of hydrogen-bond acceptors (Lipinski definition) is 4. The van der Waals surface area contributed by atoms with Crippen LogP contribution in [0, 0.1) is 0 Å². The largest absolute Gasteiger partial charge is 0.347 e. The third-order valence-electron chi connectivity index (χ3n) is 3.58. The maximum atomic E-state index is 5.82. The molecule has 2 rings (SSSR count). The van der Waals surface area contributed by atoms with Crippen molar-refractivity contribution in [2.75, 3.05) is 32.8 Å². The summed E-state index contributed by atoms with van der Waals surface area (Å²) in [5.74, 6) is -0.401. The third kappa shape index (κ3) is 3.17. The summed E-state index contributed by atoms with van der Waals surface area (Å²) in [5.41, 5.74) is 5.58. The lowest BCUT2D eigenvalue weighted by molar-refractivity contribution is -0.160. The zero-order valence-corrected chi connectivity index (χ0v) is 10.3. The van der Waals surface area contributed by atoms with Crippen LogP contribution in [0.3, 0.4) is 0 Å². The van der Waals surface area contributed by atoms with Crippen molar-refractivity contribution >= 4 is 0 Å². The lowest BCUT2D eigenvalue weighted by atomic mass is 10.1. The van der Waals surface area contributed by atoms with E-state index in [0.29, 0.717) is 13.2 Å². The zero-order chi connectivity index (χ0) is 11.4. The van der Waals surface area contributed by atoms with Gasteiger partial charge in [0.05, 0.1) is 12.7 Å². The Hall–Kier alpha value is -0.160. The molecule has 0 aromatic rings. The Morgan fingerprint density at radius 1 is 1.31 bits per heavy atom. The molecule has 2 unspecified atom stereocenters.